The van der Waals surface area contributed by atoms with Gasteiger partial charge in [-0.15, -0.1) is 24.0 Å². The van der Waals surface area contributed by atoms with Gasteiger partial charge in [-0.2, -0.15) is 0 Å². The first kappa shape index (κ1) is 24.6. The lowest BCUT2D eigenvalue weighted by atomic mass is 10.3. The number of fused-ring (bicyclic) bond motifs is 1. The van der Waals surface area contributed by atoms with Gasteiger partial charge in [0, 0.05) is 38.5 Å². The molecule has 28 heavy (non-hydrogen) atoms. The Morgan fingerprint density at radius 3 is 2.68 bits per heavy atom. The first-order valence-corrected chi connectivity index (χ1v) is 9.93. The molecule has 2 aromatic heterocycles. The molecule has 0 saturated heterocycles. The predicted molar refractivity (Wildman–Crippen MR) is 125 cm³/mol. The number of aliphatic imine (C=N–C) groups is 1. The summed E-state index contributed by atoms with van der Waals surface area (Å²) in [6, 6.07) is 6.02. The molecule has 0 aliphatic heterocycles. The summed E-state index contributed by atoms with van der Waals surface area (Å²) in [5, 5.41) is 6.60. The minimum absolute atomic E-state index is 0. The Morgan fingerprint density at radius 2 is 1.93 bits per heavy atom. The molecule has 2 N–H and O–H groups in total. The molecule has 2 rings (SSSR count). The average Bonchev–Trinajstić information content (AvgIpc) is 3.09. The number of pyridine rings is 1. The van der Waals surface area contributed by atoms with Crippen LogP contribution in [0.3, 0.4) is 0 Å². The van der Waals surface area contributed by atoms with Crippen LogP contribution in [0, 0.1) is 0 Å². The number of rotatable bonds is 13. The highest BCUT2D eigenvalue weighted by Gasteiger charge is 2.02. The van der Waals surface area contributed by atoms with E-state index in [2.05, 4.69) is 40.7 Å². The van der Waals surface area contributed by atoms with Crippen LogP contribution in [-0.4, -0.2) is 61.4 Å². The van der Waals surface area contributed by atoms with Crippen molar-refractivity contribution in [3.63, 3.8) is 0 Å². The second-order valence-corrected chi connectivity index (χ2v) is 6.21. The van der Waals surface area contributed by atoms with Crippen LogP contribution < -0.4 is 10.6 Å². The molecule has 0 aromatic carbocycles. The summed E-state index contributed by atoms with van der Waals surface area (Å²) in [6.45, 7) is 9.14. The summed E-state index contributed by atoms with van der Waals surface area (Å²) >= 11 is 0. The Balaban J connectivity index is 0.00000392. The normalized spacial score (nSPS) is 11.4. The van der Waals surface area contributed by atoms with Crippen LogP contribution in [0.2, 0.25) is 0 Å². The van der Waals surface area contributed by atoms with Crippen molar-refractivity contribution in [2.24, 2.45) is 4.99 Å². The molecule has 0 saturated carbocycles. The molecule has 2 aromatic rings. The van der Waals surface area contributed by atoms with Crippen molar-refractivity contribution in [1.82, 2.24) is 20.0 Å². The summed E-state index contributed by atoms with van der Waals surface area (Å²) in [7, 11) is 0. The van der Waals surface area contributed by atoms with Gasteiger partial charge in [0.05, 0.1) is 32.1 Å². The van der Waals surface area contributed by atoms with E-state index in [0.29, 0.717) is 26.4 Å². The first-order chi connectivity index (χ1) is 13.3. The van der Waals surface area contributed by atoms with Crippen molar-refractivity contribution < 1.29 is 9.47 Å². The van der Waals surface area contributed by atoms with Gasteiger partial charge < -0.3 is 24.5 Å². The van der Waals surface area contributed by atoms with E-state index in [-0.39, 0.29) is 24.0 Å². The first-order valence-electron chi connectivity index (χ1n) is 9.93. The quantitative estimate of drug-likeness (QED) is 0.190. The number of imidazole rings is 1. The molecule has 7 nitrogen and oxygen atoms in total. The lowest BCUT2D eigenvalue weighted by molar-refractivity contribution is 0.0497. The van der Waals surface area contributed by atoms with Gasteiger partial charge in [0.15, 0.2) is 5.96 Å². The highest BCUT2D eigenvalue weighted by Crippen LogP contribution is 2.04. The number of hydrogen-bond donors (Lipinski definition) is 2. The van der Waals surface area contributed by atoms with E-state index in [1.54, 1.807) is 0 Å². The van der Waals surface area contributed by atoms with E-state index < -0.39 is 0 Å². The second kappa shape index (κ2) is 15.5. The van der Waals surface area contributed by atoms with Crippen molar-refractivity contribution in [3.8, 4) is 0 Å². The van der Waals surface area contributed by atoms with E-state index in [4.69, 9.17) is 9.47 Å². The third-order valence-corrected chi connectivity index (χ3v) is 3.95. The zero-order chi connectivity index (χ0) is 19.2. The summed E-state index contributed by atoms with van der Waals surface area (Å²) < 4.78 is 13.1. The number of unbranched alkanes of at least 4 members (excludes halogenated alkanes) is 1. The van der Waals surface area contributed by atoms with Gasteiger partial charge in [0.1, 0.15) is 5.65 Å². The summed E-state index contributed by atoms with van der Waals surface area (Å²) in [5.74, 6) is 0.809. The molecule has 0 aliphatic carbocycles. The number of guanidine groups is 1. The monoisotopic (exact) mass is 503 g/mol. The van der Waals surface area contributed by atoms with Crippen LogP contribution in [0.25, 0.3) is 5.65 Å². The van der Waals surface area contributed by atoms with Gasteiger partial charge in [-0.1, -0.05) is 19.4 Å². The van der Waals surface area contributed by atoms with Crippen LogP contribution in [-0.2, 0) is 15.9 Å². The van der Waals surface area contributed by atoms with Crippen molar-refractivity contribution in [1.29, 1.82) is 0 Å². The lowest BCUT2D eigenvalue weighted by Crippen LogP contribution is -2.38. The van der Waals surface area contributed by atoms with Crippen LogP contribution in [0.4, 0.5) is 0 Å². The van der Waals surface area contributed by atoms with Gasteiger partial charge in [0.2, 0.25) is 0 Å². The SMILES string of the molecule is CCCCOCCOCCN=C(NCC)NCCc1cn2ccccc2n1.I. The maximum Gasteiger partial charge on any atom is 0.191 e. The minimum Gasteiger partial charge on any atom is -0.379 e. The topological polar surface area (TPSA) is 72.2 Å². The van der Waals surface area contributed by atoms with E-state index in [9.17, 15) is 0 Å². The summed E-state index contributed by atoms with van der Waals surface area (Å²) in [4.78, 5) is 9.15. The van der Waals surface area contributed by atoms with Crippen molar-refractivity contribution in [3.05, 3.63) is 36.3 Å². The lowest BCUT2D eigenvalue weighted by Gasteiger charge is -2.10. The van der Waals surface area contributed by atoms with Crippen molar-refractivity contribution in [2.45, 2.75) is 33.1 Å². The summed E-state index contributed by atoms with van der Waals surface area (Å²) in [5.41, 5.74) is 2.04. The third kappa shape index (κ3) is 9.70. The molecule has 0 aliphatic rings. The molecule has 8 heteroatoms. The van der Waals surface area contributed by atoms with Gasteiger partial charge in [-0.3, -0.25) is 4.99 Å². The number of nitrogens with one attached hydrogen (secondary N) is 2. The maximum atomic E-state index is 5.55. The third-order valence-electron chi connectivity index (χ3n) is 3.95. The molecule has 0 atom stereocenters. The predicted octanol–water partition coefficient (Wildman–Crippen LogP) is 2.88. The molecule has 0 amide bonds. The van der Waals surface area contributed by atoms with Gasteiger partial charge in [-0.05, 0) is 25.5 Å². The number of halogens is 1. The van der Waals surface area contributed by atoms with Gasteiger partial charge in [0.25, 0.3) is 0 Å². The molecule has 0 fully saturated rings. The molecule has 2 heterocycles. The fourth-order valence-corrected chi connectivity index (χ4v) is 2.55. The van der Waals surface area contributed by atoms with E-state index in [0.717, 1.165) is 56.3 Å². The van der Waals surface area contributed by atoms with Crippen LogP contribution in [0.15, 0.2) is 35.6 Å². The molecule has 0 unspecified atom stereocenters. The Kier molecular flexibility index (Phi) is 13.7. The van der Waals surface area contributed by atoms with E-state index in [1.165, 1.54) is 0 Å². The van der Waals surface area contributed by atoms with E-state index in [1.807, 2.05) is 28.8 Å². The maximum absolute atomic E-state index is 5.55. The van der Waals surface area contributed by atoms with Gasteiger partial charge >= 0.3 is 0 Å². The summed E-state index contributed by atoms with van der Waals surface area (Å²) in [6.07, 6.45) is 7.19. The number of ether oxygens (including phenoxy) is 2. The minimum atomic E-state index is 0. The Bertz CT molecular complexity index is 644. The van der Waals surface area contributed by atoms with Crippen LogP contribution >= 0.6 is 24.0 Å². The van der Waals surface area contributed by atoms with Gasteiger partial charge in [-0.25, -0.2) is 4.98 Å². The number of nitrogens with zero attached hydrogens (tertiary/aromatic N) is 3. The second-order valence-electron chi connectivity index (χ2n) is 6.21. The van der Waals surface area contributed by atoms with Crippen LogP contribution in [0.5, 0.6) is 0 Å². The average molecular weight is 503 g/mol. The standard InChI is InChI=1S/C20H33N5O2.HI/c1-3-5-13-26-15-16-27-14-11-23-20(21-4-2)22-10-9-18-17-25-12-7-6-8-19(25)24-18;/h6-8,12,17H,3-5,9-11,13-16H2,1-2H3,(H2,21,22,23);1H. The molecular formula is C20H34IN5O2. The van der Waals surface area contributed by atoms with Crippen molar-refractivity contribution in [2.75, 3.05) is 46.1 Å². The molecule has 0 radical (unpaired) electrons. The number of aromatic nitrogens is 2. The molecular weight excluding hydrogens is 469 g/mol. The van der Waals surface area contributed by atoms with Crippen molar-refractivity contribution >= 4 is 35.6 Å². The Hall–Kier alpha value is -1.39. The molecule has 0 bridgehead atoms. The zero-order valence-electron chi connectivity index (χ0n) is 17.0. The Morgan fingerprint density at radius 1 is 1.11 bits per heavy atom. The highest BCUT2D eigenvalue weighted by atomic mass is 127. The molecule has 158 valence electrons. The molecule has 0 spiro atoms. The zero-order valence-corrected chi connectivity index (χ0v) is 19.4. The number of hydrogen-bond acceptors (Lipinski definition) is 4. The van der Waals surface area contributed by atoms with E-state index >= 15 is 0 Å². The van der Waals surface area contributed by atoms with Crippen LogP contribution in [0.1, 0.15) is 32.4 Å². The fraction of sp³-hybridized carbons (Fsp3) is 0.600. The fourth-order valence-electron chi connectivity index (χ4n) is 2.55. The Labute approximate surface area is 185 Å². The highest BCUT2D eigenvalue weighted by molar-refractivity contribution is 14.0. The smallest absolute Gasteiger partial charge is 0.191 e. The largest absolute Gasteiger partial charge is 0.379 e.